The molecule has 0 aliphatic heterocycles. The van der Waals surface area contributed by atoms with Crippen LogP contribution in [0.4, 0.5) is 0 Å². The lowest BCUT2D eigenvalue weighted by molar-refractivity contribution is 0.401. The summed E-state index contributed by atoms with van der Waals surface area (Å²) in [7, 11) is 3.71. The summed E-state index contributed by atoms with van der Waals surface area (Å²) in [6, 6.07) is 8.89. The molecule has 0 aliphatic rings. The van der Waals surface area contributed by atoms with E-state index < -0.39 is 0 Å². The molecule has 1 unspecified atom stereocenters. The summed E-state index contributed by atoms with van der Waals surface area (Å²) in [5.74, 6) is 0.918. The van der Waals surface area contributed by atoms with Crippen LogP contribution < -0.4 is 10.1 Å². The fraction of sp³-hybridized carbons (Fsp3) is 0.571. The molecule has 0 spiro atoms. The predicted molar refractivity (Wildman–Crippen MR) is 69.2 cm³/mol. The summed E-state index contributed by atoms with van der Waals surface area (Å²) in [6.07, 6.45) is 1.12. The van der Waals surface area contributed by atoms with Gasteiger partial charge in [-0.1, -0.05) is 26.0 Å². The quantitative estimate of drug-likeness (QED) is 0.825. The first-order chi connectivity index (χ1) is 7.49. The highest BCUT2D eigenvalue weighted by molar-refractivity contribution is 5.31. The normalized spacial score (nSPS) is 13.6. The average Bonchev–Trinajstić information content (AvgIpc) is 2.28. The van der Waals surface area contributed by atoms with Crippen molar-refractivity contribution in [2.24, 2.45) is 0 Å². The van der Waals surface area contributed by atoms with Crippen molar-refractivity contribution < 1.29 is 4.74 Å². The van der Waals surface area contributed by atoms with Crippen molar-refractivity contribution in [1.29, 1.82) is 0 Å². The maximum atomic E-state index is 5.17. The molecule has 0 saturated heterocycles. The largest absolute Gasteiger partial charge is 0.497 e. The minimum absolute atomic E-state index is 0.189. The second-order valence-electron chi connectivity index (χ2n) is 5.01. The van der Waals surface area contributed by atoms with Crippen LogP contribution in [0.25, 0.3) is 0 Å². The molecule has 1 N–H and O–H groups in total. The van der Waals surface area contributed by atoms with Gasteiger partial charge >= 0.3 is 0 Å². The molecule has 1 atom stereocenters. The van der Waals surface area contributed by atoms with E-state index in [-0.39, 0.29) is 5.41 Å². The SMILES string of the molecule is CNC(C)CC(C)(C)c1ccc(OC)cc1. The number of ether oxygens (including phenoxy) is 1. The zero-order valence-electron chi connectivity index (χ0n) is 11.0. The van der Waals surface area contributed by atoms with Crippen molar-refractivity contribution >= 4 is 0 Å². The molecular weight excluding hydrogens is 198 g/mol. The molecule has 90 valence electrons. The number of nitrogens with one attached hydrogen (secondary N) is 1. The Kier molecular flexibility index (Phi) is 4.36. The zero-order valence-corrected chi connectivity index (χ0v) is 11.0. The van der Waals surface area contributed by atoms with Gasteiger partial charge in [0, 0.05) is 6.04 Å². The Balaban J connectivity index is 2.80. The topological polar surface area (TPSA) is 21.3 Å². The van der Waals surface area contributed by atoms with Crippen LogP contribution in [0.1, 0.15) is 32.8 Å². The van der Waals surface area contributed by atoms with Crippen LogP contribution >= 0.6 is 0 Å². The molecule has 1 aromatic rings. The van der Waals surface area contributed by atoms with E-state index in [0.717, 1.165) is 12.2 Å². The third-order valence-electron chi connectivity index (χ3n) is 3.18. The highest BCUT2D eigenvalue weighted by atomic mass is 16.5. The molecule has 0 saturated carbocycles. The minimum atomic E-state index is 0.189. The van der Waals surface area contributed by atoms with Gasteiger partial charge in [0.05, 0.1) is 7.11 Å². The Morgan fingerprint density at radius 2 is 1.81 bits per heavy atom. The second-order valence-corrected chi connectivity index (χ2v) is 5.01. The molecule has 0 amide bonds. The standard InChI is InChI=1S/C14H23NO/c1-11(15-4)10-14(2,3)12-6-8-13(16-5)9-7-12/h6-9,11,15H,10H2,1-5H3. The Hall–Kier alpha value is -1.02. The van der Waals surface area contributed by atoms with E-state index in [2.05, 4.69) is 38.2 Å². The summed E-state index contributed by atoms with van der Waals surface area (Å²) in [6.45, 7) is 6.77. The van der Waals surface area contributed by atoms with Gasteiger partial charge in [-0.2, -0.15) is 0 Å². The van der Waals surface area contributed by atoms with E-state index in [4.69, 9.17) is 4.74 Å². The smallest absolute Gasteiger partial charge is 0.118 e. The molecule has 0 heterocycles. The van der Waals surface area contributed by atoms with Gasteiger partial charge in [0.2, 0.25) is 0 Å². The summed E-state index contributed by atoms with van der Waals surface area (Å²) in [5.41, 5.74) is 1.55. The van der Waals surface area contributed by atoms with Gasteiger partial charge in [-0.3, -0.25) is 0 Å². The number of hydrogen-bond acceptors (Lipinski definition) is 2. The highest BCUT2D eigenvalue weighted by Crippen LogP contribution is 2.29. The minimum Gasteiger partial charge on any atom is -0.497 e. The van der Waals surface area contributed by atoms with Gasteiger partial charge in [0.25, 0.3) is 0 Å². The summed E-state index contributed by atoms with van der Waals surface area (Å²) in [4.78, 5) is 0. The molecule has 0 aromatic heterocycles. The van der Waals surface area contributed by atoms with Gasteiger partial charge < -0.3 is 10.1 Å². The monoisotopic (exact) mass is 221 g/mol. The van der Waals surface area contributed by atoms with Crippen LogP contribution in [-0.2, 0) is 5.41 Å². The fourth-order valence-corrected chi connectivity index (χ4v) is 2.03. The van der Waals surface area contributed by atoms with E-state index in [1.165, 1.54) is 5.56 Å². The first-order valence-corrected chi connectivity index (χ1v) is 5.81. The molecule has 1 aromatic carbocycles. The number of methoxy groups -OCH3 is 1. The Morgan fingerprint density at radius 3 is 2.25 bits per heavy atom. The summed E-state index contributed by atoms with van der Waals surface area (Å²) < 4.78 is 5.17. The molecule has 0 bridgehead atoms. The first-order valence-electron chi connectivity index (χ1n) is 5.81. The Morgan fingerprint density at radius 1 is 1.25 bits per heavy atom. The molecule has 2 heteroatoms. The van der Waals surface area contributed by atoms with Gasteiger partial charge in [-0.15, -0.1) is 0 Å². The molecule has 2 nitrogen and oxygen atoms in total. The maximum absolute atomic E-state index is 5.17. The Labute approximate surface area is 99.0 Å². The number of hydrogen-bond donors (Lipinski definition) is 1. The van der Waals surface area contributed by atoms with Crippen molar-refractivity contribution in [3.8, 4) is 5.75 Å². The van der Waals surface area contributed by atoms with E-state index in [0.29, 0.717) is 6.04 Å². The summed E-state index contributed by atoms with van der Waals surface area (Å²) >= 11 is 0. The maximum Gasteiger partial charge on any atom is 0.118 e. The zero-order chi connectivity index (χ0) is 12.2. The molecule has 16 heavy (non-hydrogen) atoms. The van der Waals surface area contributed by atoms with Crippen LogP contribution in [0.2, 0.25) is 0 Å². The lowest BCUT2D eigenvalue weighted by Gasteiger charge is -2.28. The van der Waals surface area contributed by atoms with Crippen LogP contribution in [0, 0.1) is 0 Å². The van der Waals surface area contributed by atoms with Crippen LogP contribution in [0.5, 0.6) is 5.75 Å². The molecule has 1 rings (SSSR count). The molecule has 0 fully saturated rings. The number of rotatable bonds is 5. The number of benzene rings is 1. The van der Waals surface area contributed by atoms with Crippen LogP contribution in [0.3, 0.4) is 0 Å². The third kappa shape index (κ3) is 3.24. The van der Waals surface area contributed by atoms with Crippen molar-refractivity contribution in [2.45, 2.75) is 38.6 Å². The summed E-state index contributed by atoms with van der Waals surface area (Å²) in [5, 5.41) is 3.29. The van der Waals surface area contributed by atoms with E-state index in [1.54, 1.807) is 7.11 Å². The molecule has 0 radical (unpaired) electrons. The second kappa shape index (κ2) is 5.35. The lowest BCUT2D eigenvalue weighted by atomic mass is 9.79. The van der Waals surface area contributed by atoms with Crippen molar-refractivity contribution in [3.63, 3.8) is 0 Å². The van der Waals surface area contributed by atoms with Crippen molar-refractivity contribution in [2.75, 3.05) is 14.2 Å². The fourth-order valence-electron chi connectivity index (χ4n) is 2.03. The average molecular weight is 221 g/mol. The van der Waals surface area contributed by atoms with E-state index in [9.17, 15) is 0 Å². The van der Waals surface area contributed by atoms with Crippen molar-refractivity contribution in [3.05, 3.63) is 29.8 Å². The van der Waals surface area contributed by atoms with Gasteiger partial charge in [-0.25, -0.2) is 0 Å². The van der Waals surface area contributed by atoms with Crippen LogP contribution in [0.15, 0.2) is 24.3 Å². The van der Waals surface area contributed by atoms with Gasteiger partial charge in [0.1, 0.15) is 5.75 Å². The predicted octanol–water partition coefficient (Wildman–Crippen LogP) is 2.97. The third-order valence-corrected chi connectivity index (χ3v) is 3.18. The van der Waals surface area contributed by atoms with E-state index >= 15 is 0 Å². The Bertz CT molecular complexity index is 316. The van der Waals surface area contributed by atoms with Crippen LogP contribution in [-0.4, -0.2) is 20.2 Å². The van der Waals surface area contributed by atoms with Gasteiger partial charge in [0.15, 0.2) is 0 Å². The van der Waals surface area contributed by atoms with Crippen molar-refractivity contribution in [1.82, 2.24) is 5.32 Å². The lowest BCUT2D eigenvalue weighted by Crippen LogP contribution is -2.30. The van der Waals surface area contributed by atoms with E-state index in [1.807, 2.05) is 19.2 Å². The molecular formula is C14H23NO. The van der Waals surface area contributed by atoms with Gasteiger partial charge in [-0.05, 0) is 43.5 Å². The first kappa shape index (κ1) is 13.0. The molecule has 0 aliphatic carbocycles. The highest BCUT2D eigenvalue weighted by Gasteiger charge is 2.22.